The van der Waals surface area contributed by atoms with Crippen molar-refractivity contribution in [1.29, 1.82) is 0 Å². The Hall–Kier alpha value is -3.58. The van der Waals surface area contributed by atoms with E-state index in [0.29, 0.717) is 0 Å². The van der Waals surface area contributed by atoms with E-state index in [9.17, 15) is 21.6 Å². The first-order valence-corrected chi connectivity index (χ1v) is 14.1. The van der Waals surface area contributed by atoms with Gasteiger partial charge in [-0.3, -0.25) is 4.79 Å². The second-order valence-corrected chi connectivity index (χ2v) is 12.2. The molecule has 10 nitrogen and oxygen atoms in total. The summed E-state index contributed by atoms with van der Waals surface area (Å²) in [6, 6.07) is 6.77. The van der Waals surface area contributed by atoms with Gasteiger partial charge < -0.3 is 9.02 Å². The zero-order chi connectivity index (χ0) is 27.3. The number of halogens is 1. The van der Waals surface area contributed by atoms with Gasteiger partial charge in [0.1, 0.15) is 28.3 Å². The molecule has 13 heteroatoms. The Morgan fingerprint density at radius 3 is 2.43 bits per heavy atom. The van der Waals surface area contributed by atoms with Gasteiger partial charge in [0.2, 0.25) is 11.7 Å². The van der Waals surface area contributed by atoms with Gasteiger partial charge in [0.05, 0.1) is 17.2 Å². The molecule has 0 bridgehead atoms. The Bertz CT molecular complexity index is 1670. The minimum absolute atomic E-state index is 0.0316. The number of benzene rings is 2. The maximum absolute atomic E-state index is 15.3. The fourth-order valence-corrected chi connectivity index (χ4v) is 6.83. The summed E-state index contributed by atoms with van der Waals surface area (Å²) in [4.78, 5) is 17.9. The zero-order valence-electron chi connectivity index (χ0n) is 20.7. The third kappa shape index (κ3) is 4.64. The molecular weight excluding hydrogens is 525 g/mol. The summed E-state index contributed by atoms with van der Waals surface area (Å²) in [5.41, 5.74) is 0.867. The van der Waals surface area contributed by atoms with Gasteiger partial charge in [0, 0.05) is 24.6 Å². The summed E-state index contributed by atoms with van der Waals surface area (Å²) in [7, 11) is -5.64. The molecule has 0 saturated carbocycles. The predicted molar refractivity (Wildman–Crippen MR) is 132 cm³/mol. The van der Waals surface area contributed by atoms with Crippen LogP contribution in [0.5, 0.6) is 5.88 Å². The van der Waals surface area contributed by atoms with Gasteiger partial charge in [-0.1, -0.05) is 22.9 Å². The number of carbonyl (C=O) groups is 1. The lowest BCUT2D eigenvalue weighted by molar-refractivity contribution is 0.103. The van der Waals surface area contributed by atoms with Crippen molar-refractivity contribution in [2.75, 3.05) is 12.9 Å². The molecule has 0 radical (unpaired) electrons. The van der Waals surface area contributed by atoms with Crippen molar-refractivity contribution >= 4 is 31.5 Å². The highest BCUT2D eigenvalue weighted by molar-refractivity contribution is 7.91. The van der Waals surface area contributed by atoms with Crippen LogP contribution < -0.4 is 4.18 Å². The Balaban J connectivity index is 1.88. The first kappa shape index (κ1) is 26.5. The molecule has 1 aromatic heterocycles. The number of hydrogen-bond acceptors (Lipinski definition) is 9. The molecule has 1 aliphatic rings. The van der Waals surface area contributed by atoms with Crippen molar-refractivity contribution in [3.8, 4) is 5.88 Å². The Kier molecular flexibility index (Phi) is 6.71. The van der Waals surface area contributed by atoms with E-state index in [1.54, 1.807) is 19.1 Å². The highest BCUT2D eigenvalue weighted by atomic mass is 32.2. The van der Waals surface area contributed by atoms with E-state index in [0.717, 1.165) is 16.3 Å². The lowest BCUT2D eigenvalue weighted by Gasteiger charge is -2.22. The summed E-state index contributed by atoms with van der Waals surface area (Å²) in [5, 5.41) is 7.98. The number of rotatable bonds is 6. The lowest BCUT2D eigenvalue weighted by atomic mass is 9.92. The molecule has 0 unspecified atom stereocenters. The molecule has 0 spiro atoms. The van der Waals surface area contributed by atoms with Crippen molar-refractivity contribution in [3.63, 3.8) is 0 Å². The normalized spacial score (nSPS) is 15.9. The minimum Gasteiger partial charge on any atom is -0.399 e. The summed E-state index contributed by atoms with van der Waals surface area (Å²) in [5.74, 6) is -2.64. The molecule has 0 atom stereocenters. The van der Waals surface area contributed by atoms with E-state index in [2.05, 4.69) is 10.3 Å². The smallest absolute Gasteiger partial charge is 0.340 e. The van der Waals surface area contributed by atoms with Gasteiger partial charge in [0.15, 0.2) is 9.84 Å². The van der Waals surface area contributed by atoms with E-state index in [1.807, 2.05) is 0 Å². The minimum atomic E-state index is -4.34. The van der Waals surface area contributed by atoms with Crippen molar-refractivity contribution in [2.24, 2.45) is 12.2 Å². The highest BCUT2D eigenvalue weighted by Gasteiger charge is 2.36. The van der Waals surface area contributed by atoms with E-state index in [1.165, 1.54) is 40.1 Å². The van der Waals surface area contributed by atoms with E-state index in [-0.39, 0.29) is 56.6 Å². The van der Waals surface area contributed by atoms with E-state index < -0.39 is 36.5 Å². The summed E-state index contributed by atoms with van der Waals surface area (Å²) in [6.07, 6.45) is -0.0316. The summed E-state index contributed by atoms with van der Waals surface area (Å²) in [6.45, 7) is 4.74. The second-order valence-electron chi connectivity index (χ2n) is 8.59. The molecule has 37 heavy (non-hydrogen) atoms. The number of aryl methyl sites for hydroxylation is 3. The van der Waals surface area contributed by atoms with Crippen LogP contribution >= 0.6 is 0 Å². The average Bonchev–Trinajstić information content (AvgIpc) is 3.09. The highest BCUT2D eigenvalue weighted by Crippen LogP contribution is 2.35. The second kappa shape index (κ2) is 9.38. The van der Waals surface area contributed by atoms with E-state index in [4.69, 9.17) is 9.02 Å². The Labute approximate surface area is 213 Å². The fraction of sp³-hybridized carbons (Fsp3) is 0.292. The van der Waals surface area contributed by atoms with Gasteiger partial charge >= 0.3 is 10.1 Å². The number of ketones is 1. The summed E-state index contributed by atoms with van der Waals surface area (Å²) < 4.78 is 72.9. The monoisotopic (exact) mass is 549 g/mol. The fourth-order valence-electron chi connectivity index (χ4n) is 4.26. The van der Waals surface area contributed by atoms with Crippen molar-refractivity contribution in [2.45, 2.75) is 37.0 Å². The number of nitrogens with zero attached hydrogens (tertiary/aromatic N) is 3. The maximum Gasteiger partial charge on any atom is 0.340 e. The zero-order valence-corrected chi connectivity index (χ0v) is 22.3. The molecule has 0 saturated heterocycles. The number of oxime groups is 1. The number of fused-ring (bicyclic) bond motifs is 1. The molecule has 2 aromatic carbocycles. The van der Waals surface area contributed by atoms with Crippen LogP contribution in [0, 0.1) is 26.6 Å². The van der Waals surface area contributed by atoms with Gasteiger partial charge in [-0.2, -0.15) is 13.5 Å². The molecule has 0 aliphatic carbocycles. The average molecular weight is 550 g/mol. The molecule has 3 aromatic rings. The summed E-state index contributed by atoms with van der Waals surface area (Å²) >= 11 is 0. The van der Waals surface area contributed by atoms with E-state index >= 15 is 4.39 Å². The third-order valence-electron chi connectivity index (χ3n) is 6.04. The molecule has 0 fully saturated rings. The molecule has 0 amide bonds. The molecule has 4 rings (SSSR count). The van der Waals surface area contributed by atoms with Crippen LogP contribution in [0.15, 0.2) is 45.3 Å². The molecule has 1 aliphatic heterocycles. The number of aromatic nitrogens is 2. The van der Waals surface area contributed by atoms with Crippen molar-refractivity contribution < 1.29 is 35.0 Å². The van der Waals surface area contributed by atoms with Crippen LogP contribution in [-0.2, 0) is 31.8 Å². The Morgan fingerprint density at radius 2 is 1.81 bits per heavy atom. The van der Waals surface area contributed by atoms with Crippen LogP contribution in [0.2, 0.25) is 0 Å². The van der Waals surface area contributed by atoms with Crippen LogP contribution in [0.1, 0.15) is 44.7 Å². The Morgan fingerprint density at radius 1 is 1.16 bits per heavy atom. The van der Waals surface area contributed by atoms with Crippen molar-refractivity contribution in [1.82, 2.24) is 9.78 Å². The molecule has 2 heterocycles. The third-order valence-corrected chi connectivity index (χ3v) is 9.03. The van der Waals surface area contributed by atoms with Gasteiger partial charge in [-0.05, 0) is 44.5 Å². The largest absolute Gasteiger partial charge is 0.399 e. The maximum atomic E-state index is 15.3. The predicted octanol–water partition coefficient (Wildman–Crippen LogP) is 3.01. The van der Waals surface area contributed by atoms with Crippen LogP contribution in [-0.4, -0.2) is 51.0 Å². The van der Waals surface area contributed by atoms with Crippen LogP contribution in [0.25, 0.3) is 0 Å². The van der Waals surface area contributed by atoms with Crippen molar-refractivity contribution in [3.05, 3.63) is 69.7 Å². The van der Waals surface area contributed by atoms with Crippen LogP contribution in [0.3, 0.4) is 0 Å². The molecular formula is C24H24FN3O7S2. The van der Waals surface area contributed by atoms with Gasteiger partial charge in [-0.25, -0.2) is 17.5 Å². The SMILES string of the molecule is CO/N=C1\CCS(=O)(=O)c2c(F)cc(C(=O)c3c(C)nn(C)c3OS(=O)(=O)c3ccc(C)cc3)c(C)c21. The number of sulfone groups is 1. The number of carbonyl (C=O) groups excluding carboxylic acids is 1. The topological polar surface area (TPSA) is 134 Å². The molecule has 0 N–H and O–H groups in total. The quantitative estimate of drug-likeness (QED) is 0.260. The first-order chi connectivity index (χ1) is 17.3. The van der Waals surface area contributed by atoms with Gasteiger partial charge in [0.25, 0.3) is 0 Å². The standard InChI is InChI=1S/C24H24FN3O7S2/c1-13-6-8-16(9-7-13)37(32,33)35-24-21(15(3)26-28(24)4)22(29)17-12-18(25)23-20(14(17)2)19(27-34-5)10-11-36(23,30)31/h6-9,12H,10-11H2,1-5H3/b27-19+. The van der Waals surface area contributed by atoms with Crippen LogP contribution in [0.4, 0.5) is 4.39 Å². The lowest BCUT2D eigenvalue weighted by Crippen LogP contribution is -2.26. The molecule has 196 valence electrons. The number of hydrogen-bond donors (Lipinski definition) is 0. The van der Waals surface area contributed by atoms with Gasteiger partial charge in [-0.15, -0.1) is 0 Å². The first-order valence-electron chi connectivity index (χ1n) is 11.0.